The van der Waals surface area contributed by atoms with Crippen molar-refractivity contribution < 1.29 is 4.74 Å². The lowest BCUT2D eigenvalue weighted by molar-refractivity contribution is 0.414. The molecule has 3 aromatic rings. The van der Waals surface area contributed by atoms with Crippen LogP contribution in [0.4, 0.5) is 0 Å². The first-order valence-corrected chi connectivity index (χ1v) is 7.29. The first kappa shape index (κ1) is 14.6. The Kier molecular flexibility index (Phi) is 4.13. The SMILES string of the molecule is COc1ccc(-n2nc(CN)cc2-c2ccccc2Cl)cc1. The number of ether oxygens (including phenoxy) is 1. The molecule has 0 radical (unpaired) electrons. The number of hydrogen-bond donors (Lipinski definition) is 1. The minimum Gasteiger partial charge on any atom is -0.497 e. The summed E-state index contributed by atoms with van der Waals surface area (Å²) in [5.74, 6) is 0.800. The monoisotopic (exact) mass is 313 g/mol. The summed E-state index contributed by atoms with van der Waals surface area (Å²) in [4.78, 5) is 0. The van der Waals surface area contributed by atoms with Crippen LogP contribution in [0.15, 0.2) is 54.6 Å². The molecule has 0 unspecified atom stereocenters. The number of methoxy groups -OCH3 is 1. The van der Waals surface area contributed by atoms with E-state index in [0.29, 0.717) is 11.6 Å². The lowest BCUT2D eigenvalue weighted by atomic mass is 10.1. The smallest absolute Gasteiger partial charge is 0.119 e. The summed E-state index contributed by atoms with van der Waals surface area (Å²) in [7, 11) is 1.64. The summed E-state index contributed by atoms with van der Waals surface area (Å²) in [6.45, 7) is 0.376. The van der Waals surface area contributed by atoms with Gasteiger partial charge in [0.2, 0.25) is 0 Å². The molecule has 0 aliphatic heterocycles. The zero-order valence-electron chi connectivity index (χ0n) is 12.2. The van der Waals surface area contributed by atoms with E-state index in [1.165, 1.54) is 0 Å². The van der Waals surface area contributed by atoms with Crippen molar-refractivity contribution in [1.82, 2.24) is 9.78 Å². The topological polar surface area (TPSA) is 53.1 Å². The van der Waals surface area contributed by atoms with E-state index in [-0.39, 0.29) is 0 Å². The summed E-state index contributed by atoms with van der Waals surface area (Å²) in [5.41, 5.74) is 9.32. The molecule has 1 heterocycles. The predicted octanol–water partition coefficient (Wildman–Crippen LogP) is 3.66. The summed E-state index contributed by atoms with van der Waals surface area (Å²) in [5, 5.41) is 5.25. The van der Waals surface area contributed by atoms with E-state index in [9.17, 15) is 0 Å². The van der Waals surface area contributed by atoms with Crippen LogP contribution in [0.5, 0.6) is 5.75 Å². The predicted molar refractivity (Wildman–Crippen MR) is 88.5 cm³/mol. The summed E-state index contributed by atoms with van der Waals surface area (Å²) in [6.07, 6.45) is 0. The highest BCUT2D eigenvalue weighted by molar-refractivity contribution is 6.33. The van der Waals surface area contributed by atoms with Gasteiger partial charge >= 0.3 is 0 Å². The maximum atomic E-state index is 6.33. The van der Waals surface area contributed by atoms with Crippen LogP contribution in [0, 0.1) is 0 Å². The van der Waals surface area contributed by atoms with E-state index < -0.39 is 0 Å². The number of nitrogens with two attached hydrogens (primary N) is 1. The molecule has 2 aromatic carbocycles. The standard InChI is InChI=1S/C17H16ClN3O/c1-22-14-8-6-13(7-9-14)21-17(10-12(11-19)20-21)15-4-2-3-5-16(15)18/h2-10H,11,19H2,1H3. The largest absolute Gasteiger partial charge is 0.497 e. The number of rotatable bonds is 4. The van der Waals surface area contributed by atoms with Crippen molar-refractivity contribution in [1.29, 1.82) is 0 Å². The number of hydrogen-bond acceptors (Lipinski definition) is 3. The highest BCUT2D eigenvalue weighted by Crippen LogP contribution is 2.30. The van der Waals surface area contributed by atoms with Gasteiger partial charge in [0.15, 0.2) is 0 Å². The minimum absolute atomic E-state index is 0.376. The molecule has 4 nitrogen and oxygen atoms in total. The van der Waals surface area contributed by atoms with Crippen molar-refractivity contribution in [3.8, 4) is 22.7 Å². The number of nitrogens with zero attached hydrogens (tertiary/aromatic N) is 2. The zero-order chi connectivity index (χ0) is 15.5. The van der Waals surface area contributed by atoms with Gasteiger partial charge < -0.3 is 10.5 Å². The normalized spacial score (nSPS) is 10.7. The molecule has 0 saturated carbocycles. The van der Waals surface area contributed by atoms with E-state index in [2.05, 4.69) is 5.10 Å². The molecule has 0 atom stereocenters. The highest BCUT2D eigenvalue weighted by Gasteiger charge is 2.13. The van der Waals surface area contributed by atoms with Crippen molar-refractivity contribution >= 4 is 11.6 Å². The first-order chi connectivity index (χ1) is 10.7. The quantitative estimate of drug-likeness (QED) is 0.799. The van der Waals surface area contributed by atoms with Crippen LogP contribution in [0.3, 0.4) is 0 Å². The highest BCUT2D eigenvalue weighted by atomic mass is 35.5. The van der Waals surface area contributed by atoms with Gasteiger partial charge in [0.1, 0.15) is 5.75 Å². The van der Waals surface area contributed by atoms with Gasteiger partial charge in [0.05, 0.1) is 24.2 Å². The van der Waals surface area contributed by atoms with Crippen molar-refractivity contribution in [3.63, 3.8) is 0 Å². The molecule has 0 amide bonds. The Morgan fingerprint density at radius 3 is 2.50 bits per heavy atom. The van der Waals surface area contributed by atoms with Crippen molar-refractivity contribution in [3.05, 3.63) is 65.3 Å². The molecule has 3 rings (SSSR count). The second-order valence-corrected chi connectivity index (χ2v) is 5.22. The Morgan fingerprint density at radius 1 is 1.14 bits per heavy atom. The van der Waals surface area contributed by atoms with Crippen LogP contribution in [-0.4, -0.2) is 16.9 Å². The van der Waals surface area contributed by atoms with Gasteiger partial charge in [-0.15, -0.1) is 0 Å². The van der Waals surface area contributed by atoms with Crippen LogP contribution < -0.4 is 10.5 Å². The lowest BCUT2D eigenvalue weighted by Gasteiger charge is -2.09. The van der Waals surface area contributed by atoms with Gasteiger partial charge in [0.25, 0.3) is 0 Å². The van der Waals surface area contributed by atoms with Gasteiger partial charge in [0, 0.05) is 17.1 Å². The maximum absolute atomic E-state index is 6.33. The molecular formula is C17H16ClN3O. The number of aromatic nitrogens is 2. The number of benzene rings is 2. The van der Waals surface area contributed by atoms with Crippen molar-refractivity contribution in [2.45, 2.75) is 6.54 Å². The Hall–Kier alpha value is -2.30. The lowest BCUT2D eigenvalue weighted by Crippen LogP contribution is -2.02. The molecule has 0 saturated heterocycles. The van der Waals surface area contributed by atoms with Crippen LogP contribution in [0.1, 0.15) is 5.69 Å². The fraction of sp³-hybridized carbons (Fsp3) is 0.118. The molecule has 2 N–H and O–H groups in total. The van der Waals surface area contributed by atoms with Gasteiger partial charge in [-0.05, 0) is 36.4 Å². The van der Waals surface area contributed by atoms with E-state index >= 15 is 0 Å². The Balaban J connectivity index is 2.14. The van der Waals surface area contributed by atoms with Gasteiger partial charge in [-0.2, -0.15) is 5.10 Å². The fourth-order valence-electron chi connectivity index (χ4n) is 2.31. The van der Waals surface area contributed by atoms with Crippen LogP contribution in [0.2, 0.25) is 5.02 Å². The molecule has 0 spiro atoms. The molecular weight excluding hydrogens is 298 g/mol. The molecule has 0 fully saturated rings. The second kappa shape index (κ2) is 6.22. The molecule has 0 aliphatic rings. The molecule has 0 aliphatic carbocycles. The minimum atomic E-state index is 0.376. The van der Waals surface area contributed by atoms with Crippen LogP contribution in [-0.2, 0) is 6.54 Å². The third kappa shape index (κ3) is 2.71. The number of halogens is 1. The van der Waals surface area contributed by atoms with Crippen LogP contribution in [0.25, 0.3) is 16.9 Å². The van der Waals surface area contributed by atoms with Crippen molar-refractivity contribution in [2.24, 2.45) is 5.73 Å². The van der Waals surface area contributed by atoms with Gasteiger partial charge in [-0.1, -0.05) is 29.8 Å². The van der Waals surface area contributed by atoms with Gasteiger partial charge in [-0.3, -0.25) is 0 Å². The summed E-state index contributed by atoms with van der Waals surface area (Å²) < 4.78 is 7.04. The third-order valence-corrected chi connectivity index (χ3v) is 3.77. The Labute approximate surface area is 134 Å². The average molecular weight is 314 g/mol. The molecule has 1 aromatic heterocycles. The van der Waals surface area contributed by atoms with E-state index in [4.69, 9.17) is 22.1 Å². The Bertz CT molecular complexity index is 781. The molecule has 22 heavy (non-hydrogen) atoms. The van der Waals surface area contributed by atoms with Crippen LogP contribution >= 0.6 is 11.6 Å². The third-order valence-electron chi connectivity index (χ3n) is 3.44. The first-order valence-electron chi connectivity index (χ1n) is 6.91. The second-order valence-electron chi connectivity index (χ2n) is 4.81. The molecule has 5 heteroatoms. The fourth-order valence-corrected chi connectivity index (χ4v) is 2.54. The molecule has 0 bridgehead atoms. The maximum Gasteiger partial charge on any atom is 0.119 e. The van der Waals surface area contributed by atoms with Crippen molar-refractivity contribution in [2.75, 3.05) is 7.11 Å². The average Bonchev–Trinajstić information content (AvgIpc) is 2.99. The van der Waals surface area contributed by atoms with E-state index in [0.717, 1.165) is 28.4 Å². The summed E-state index contributed by atoms with van der Waals surface area (Å²) in [6, 6.07) is 17.4. The Morgan fingerprint density at radius 2 is 1.86 bits per heavy atom. The van der Waals surface area contributed by atoms with Gasteiger partial charge in [-0.25, -0.2) is 4.68 Å². The summed E-state index contributed by atoms with van der Waals surface area (Å²) >= 11 is 6.33. The van der Waals surface area contributed by atoms with E-state index in [1.54, 1.807) is 7.11 Å². The van der Waals surface area contributed by atoms with E-state index in [1.807, 2.05) is 59.3 Å². The molecule has 112 valence electrons. The zero-order valence-corrected chi connectivity index (χ0v) is 12.9.